The predicted molar refractivity (Wildman–Crippen MR) is 82.7 cm³/mol. The van der Waals surface area contributed by atoms with Gasteiger partial charge in [0.2, 0.25) is 0 Å². The molecular weight excluding hydrogens is 328 g/mol. The predicted octanol–water partition coefficient (Wildman–Crippen LogP) is 1.67. The number of nitrogens with zero attached hydrogens (tertiary/aromatic N) is 1. The van der Waals surface area contributed by atoms with Gasteiger partial charge in [-0.25, -0.2) is 4.79 Å². The summed E-state index contributed by atoms with van der Waals surface area (Å²) in [5, 5.41) is 21.3. The maximum Gasteiger partial charge on any atom is 0.326 e. The molecule has 2 rings (SSSR count). The number of carbonyl (C=O) groups excluding carboxylic acids is 1. The highest BCUT2D eigenvalue weighted by Crippen LogP contribution is 2.50. The molecule has 0 fully saturated rings. The van der Waals surface area contributed by atoms with Crippen LogP contribution in [0.5, 0.6) is 5.75 Å². The van der Waals surface area contributed by atoms with E-state index in [1.54, 1.807) is 7.05 Å². The van der Waals surface area contributed by atoms with Crippen molar-refractivity contribution in [2.45, 2.75) is 18.9 Å². The van der Waals surface area contributed by atoms with Crippen LogP contribution in [0.15, 0.2) is 6.07 Å². The molecule has 0 unspecified atom stereocenters. The van der Waals surface area contributed by atoms with Gasteiger partial charge in [0.25, 0.3) is 5.91 Å². The quantitative estimate of drug-likeness (QED) is 0.690. The second kappa shape index (κ2) is 6.33. The van der Waals surface area contributed by atoms with Gasteiger partial charge in [-0.3, -0.25) is 14.5 Å². The van der Waals surface area contributed by atoms with Crippen molar-refractivity contribution in [3.8, 4) is 5.75 Å². The minimum atomic E-state index is -1.34. The van der Waals surface area contributed by atoms with Gasteiger partial charge in [-0.2, -0.15) is 0 Å². The van der Waals surface area contributed by atoms with Gasteiger partial charge in [0, 0.05) is 13.5 Å². The van der Waals surface area contributed by atoms with Crippen molar-refractivity contribution < 1.29 is 29.3 Å². The summed E-state index contributed by atoms with van der Waals surface area (Å²) in [7, 11) is 2.93. The summed E-state index contributed by atoms with van der Waals surface area (Å²) >= 11 is 6.11. The molecule has 0 saturated carbocycles. The summed E-state index contributed by atoms with van der Waals surface area (Å²) in [6.45, 7) is 0. The monoisotopic (exact) mass is 342 g/mol. The van der Waals surface area contributed by atoms with Gasteiger partial charge in [-0.1, -0.05) is 11.6 Å². The molecule has 1 aliphatic heterocycles. The Balaban J connectivity index is 2.56. The van der Waals surface area contributed by atoms with E-state index in [4.69, 9.17) is 21.4 Å². The number of rotatable bonds is 7. The van der Waals surface area contributed by atoms with E-state index in [1.807, 2.05) is 0 Å². The van der Waals surface area contributed by atoms with E-state index >= 15 is 0 Å². The highest BCUT2D eigenvalue weighted by Gasteiger charge is 2.43. The number of methoxy groups -OCH3 is 1. The first-order valence-corrected chi connectivity index (χ1v) is 7.07. The van der Waals surface area contributed by atoms with Crippen LogP contribution in [0.2, 0.25) is 5.02 Å². The lowest BCUT2D eigenvalue weighted by Gasteiger charge is -2.26. The normalized spacial score (nSPS) is 13.9. The van der Waals surface area contributed by atoms with E-state index in [0.717, 1.165) is 4.90 Å². The number of hydrogen-bond acceptors (Lipinski definition) is 5. The second-order valence-electron chi connectivity index (χ2n) is 4.87. The van der Waals surface area contributed by atoms with Crippen molar-refractivity contribution in [1.82, 2.24) is 0 Å². The number of halogens is 1. The lowest BCUT2D eigenvalue weighted by atomic mass is 10.1. The molecule has 2 bridgehead atoms. The van der Waals surface area contributed by atoms with Gasteiger partial charge in [-0.15, -0.1) is 0 Å². The molecule has 9 heteroatoms. The maximum atomic E-state index is 12.6. The van der Waals surface area contributed by atoms with Gasteiger partial charge in [0.15, 0.2) is 5.75 Å². The highest BCUT2D eigenvalue weighted by molar-refractivity contribution is 6.36. The van der Waals surface area contributed by atoms with E-state index in [-0.39, 0.29) is 34.9 Å². The number of nitrogens with one attached hydrogen (secondary N) is 1. The average molecular weight is 343 g/mol. The number of benzene rings is 1. The number of ether oxygens (including phenoxy) is 1. The largest absolute Gasteiger partial charge is 0.494 e. The van der Waals surface area contributed by atoms with Crippen LogP contribution < -0.4 is 15.0 Å². The molecule has 0 spiro atoms. The van der Waals surface area contributed by atoms with E-state index in [0.29, 0.717) is 5.69 Å². The zero-order valence-corrected chi connectivity index (χ0v) is 13.2. The van der Waals surface area contributed by atoms with Crippen molar-refractivity contribution in [1.29, 1.82) is 0 Å². The van der Waals surface area contributed by atoms with Crippen LogP contribution in [0.25, 0.3) is 0 Å². The molecule has 8 nitrogen and oxygen atoms in total. The Hall–Kier alpha value is -2.48. The first-order valence-electron chi connectivity index (χ1n) is 6.69. The highest BCUT2D eigenvalue weighted by atomic mass is 35.5. The van der Waals surface area contributed by atoms with Crippen LogP contribution in [0.1, 0.15) is 23.2 Å². The number of hydrogen-bond donors (Lipinski definition) is 3. The molecule has 0 radical (unpaired) electrons. The summed E-state index contributed by atoms with van der Waals surface area (Å²) in [6, 6.07) is 0.0595. The third-order valence-corrected chi connectivity index (χ3v) is 3.88. The first-order chi connectivity index (χ1) is 10.8. The minimum Gasteiger partial charge on any atom is -0.494 e. The summed E-state index contributed by atoms with van der Waals surface area (Å²) in [6.07, 6.45) is -0.624. The van der Waals surface area contributed by atoms with Crippen LogP contribution in [0, 0.1) is 0 Å². The van der Waals surface area contributed by atoms with E-state index in [9.17, 15) is 19.5 Å². The number of aliphatic carboxylic acids is 2. The number of carboxylic acids is 2. The lowest BCUT2D eigenvalue weighted by molar-refractivity contribution is -0.139. The number of fused-ring (bicyclic) bond motifs is 2. The van der Waals surface area contributed by atoms with E-state index in [1.165, 1.54) is 13.2 Å². The fraction of sp³-hybridized carbons (Fsp3) is 0.357. The maximum absolute atomic E-state index is 12.6. The molecule has 1 aromatic carbocycles. The van der Waals surface area contributed by atoms with Crippen molar-refractivity contribution in [2.75, 3.05) is 24.4 Å². The van der Waals surface area contributed by atoms with Crippen molar-refractivity contribution in [2.24, 2.45) is 0 Å². The van der Waals surface area contributed by atoms with Crippen LogP contribution in [-0.2, 0) is 9.59 Å². The molecule has 1 heterocycles. The number of carbonyl (C=O) groups is 3. The molecule has 1 aromatic rings. The SMILES string of the molecule is CNc1c(Cl)cc2c(OC)c1N([C@@H](CCC(=O)O)C(=O)O)C2=O. The fourth-order valence-corrected chi connectivity index (χ4v) is 2.90. The van der Waals surface area contributed by atoms with Crippen molar-refractivity contribution in [3.63, 3.8) is 0 Å². The topological polar surface area (TPSA) is 116 Å². The molecule has 0 aliphatic carbocycles. The summed E-state index contributed by atoms with van der Waals surface area (Å²) < 4.78 is 5.22. The molecule has 0 saturated heterocycles. The number of carboxylic acid groups (broad SMARTS) is 2. The second-order valence-corrected chi connectivity index (χ2v) is 5.28. The van der Waals surface area contributed by atoms with E-state index in [2.05, 4.69) is 5.32 Å². The van der Waals surface area contributed by atoms with Crippen LogP contribution in [0.3, 0.4) is 0 Å². The number of amides is 1. The Morgan fingerprint density at radius 2 is 2.09 bits per heavy atom. The summed E-state index contributed by atoms with van der Waals surface area (Å²) in [5.74, 6) is -2.82. The minimum absolute atomic E-state index is 0.146. The zero-order valence-electron chi connectivity index (χ0n) is 12.4. The molecule has 1 aliphatic rings. The Morgan fingerprint density at radius 3 is 2.57 bits per heavy atom. The number of anilines is 2. The Morgan fingerprint density at radius 1 is 1.43 bits per heavy atom. The van der Waals surface area contributed by atoms with Gasteiger partial charge >= 0.3 is 11.9 Å². The Kier molecular flexibility index (Phi) is 4.65. The molecule has 1 atom stereocenters. The Labute approximate surface area is 136 Å². The van der Waals surface area contributed by atoms with Crippen molar-refractivity contribution >= 4 is 40.8 Å². The summed E-state index contributed by atoms with van der Waals surface area (Å²) in [5.41, 5.74) is 0.702. The first kappa shape index (κ1) is 16.9. The van der Waals surface area contributed by atoms with Crippen LogP contribution in [-0.4, -0.2) is 48.3 Å². The van der Waals surface area contributed by atoms with Crippen LogP contribution in [0.4, 0.5) is 11.4 Å². The van der Waals surface area contributed by atoms with Crippen molar-refractivity contribution in [3.05, 3.63) is 16.7 Å². The van der Waals surface area contributed by atoms with Gasteiger partial charge in [0.1, 0.15) is 11.7 Å². The van der Waals surface area contributed by atoms with Gasteiger partial charge in [0.05, 0.1) is 23.4 Å². The molecular formula is C14H15ClN2O6. The molecule has 124 valence electrons. The molecule has 23 heavy (non-hydrogen) atoms. The van der Waals surface area contributed by atoms with Crippen LogP contribution >= 0.6 is 11.6 Å². The smallest absolute Gasteiger partial charge is 0.326 e. The lowest BCUT2D eigenvalue weighted by Crippen LogP contribution is -2.43. The fourth-order valence-electron chi connectivity index (χ4n) is 2.60. The summed E-state index contributed by atoms with van der Waals surface area (Å²) in [4.78, 5) is 35.9. The molecule has 0 aromatic heterocycles. The zero-order chi connectivity index (χ0) is 17.3. The Bertz CT molecular complexity index is 690. The van der Waals surface area contributed by atoms with E-state index < -0.39 is 23.9 Å². The third kappa shape index (κ3) is 2.77. The molecule has 3 N–H and O–H groups in total. The standard InChI is InChI=1S/C14H15ClN2O6/c1-16-10-7(15)5-6-12(23-2)11(10)17(13(6)20)8(14(21)22)3-4-9(18)19/h5,8,16H,3-4H2,1-2H3,(H,18,19)(H,21,22)/t8-/m0/s1. The average Bonchev–Trinajstić information content (AvgIpc) is 2.67. The van der Waals surface area contributed by atoms with Gasteiger partial charge < -0.3 is 20.3 Å². The molecule has 1 amide bonds. The third-order valence-electron chi connectivity index (χ3n) is 3.58. The van der Waals surface area contributed by atoms with Gasteiger partial charge in [-0.05, 0) is 12.5 Å².